The first-order valence-corrected chi connectivity index (χ1v) is 10.1. The molecule has 0 bridgehead atoms. The van der Waals surface area contributed by atoms with Gasteiger partial charge in [0.05, 0.1) is 11.4 Å². The molecule has 2 heterocycles. The summed E-state index contributed by atoms with van der Waals surface area (Å²) in [6, 6.07) is 16.0. The summed E-state index contributed by atoms with van der Waals surface area (Å²) >= 11 is 1.83. The number of hydrogen-bond donors (Lipinski definition) is 1. The van der Waals surface area contributed by atoms with E-state index in [4.69, 9.17) is 5.10 Å². The minimum atomic E-state index is -0.148. The molecule has 1 aliphatic heterocycles. The molecule has 136 valence electrons. The van der Waals surface area contributed by atoms with Gasteiger partial charge in [0.1, 0.15) is 5.82 Å². The minimum Gasteiger partial charge on any atom is -0.307 e. The summed E-state index contributed by atoms with van der Waals surface area (Å²) in [6.07, 6.45) is 3.40. The number of aryl methyl sites for hydroxylation is 1. The van der Waals surface area contributed by atoms with Crippen LogP contribution in [0.4, 0.5) is 5.82 Å². The van der Waals surface area contributed by atoms with Crippen molar-refractivity contribution in [3.63, 3.8) is 0 Å². The second kappa shape index (κ2) is 7.45. The standard InChI is InChI=1S/C22H21N3OS/c1-15-7-6-10-20(16(15)2)25-22(18-13-27-14-19(18)24-25)23-21(26)12-11-17-8-4-3-5-9-17/h3-12H,13-14H2,1-2H3,(H,23,26)/b12-11-. The Balaban J connectivity index is 1.67. The molecular formula is C22H21N3OS. The Labute approximate surface area is 163 Å². The molecule has 0 saturated heterocycles. The summed E-state index contributed by atoms with van der Waals surface area (Å²) in [5.41, 5.74) is 6.57. The average molecular weight is 375 g/mol. The van der Waals surface area contributed by atoms with Crippen LogP contribution >= 0.6 is 11.8 Å². The predicted molar refractivity (Wildman–Crippen MR) is 112 cm³/mol. The maximum Gasteiger partial charge on any atom is 0.249 e. The van der Waals surface area contributed by atoms with Gasteiger partial charge in [0, 0.05) is 23.1 Å². The van der Waals surface area contributed by atoms with E-state index in [1.165, 1.54) is 11.1 Å². The van der Waals surface area contributed by atoms with Crippen molar-refractivity contribution >= 4 is 29.6 Å². The number of carbonyl (C=O) groups excluding carboxylic acids is 1. The van der Waals surface area contributed by atoms with Crippen molar-refractivity contribution in [1.82, 2.24) is 9.78 Å². The molecule has 27 heavy (non-hydrogen) atoms. The zero-order valence-electron chi connectivity index (χ0n) is 15.4. The highest BCUT2D eigenvalue weighted by atomic mass is 32.2. The van der Waals surface area contributed by atoms with Gasteiger partial charge in [0.25, 0.3) is 0 Å². The third-order valence-corrected chi connectivity index (χ3v) is 5.79. The van der Waals surface area contributed by atoms with E-state index in [0.29, 0.717) is 0 Å². The zero-order valence-corrected chi connectivity index (χ0v) is 16.2. The van der Waals surface area contributed by atoms with Gasteiger partial charge >= 0.3 is 0 Å². The highest BCUT2D eigenvalue weighted by Crippen LogP contribution is 2.36. The fraction of sp³-hybridized carbons (Fsp3) is 0.182. The van der Waals surface area contributed by atoms with Crippen LogP contribution < -0.4 is 5.32 Å². The lowest BCUT2D eigenvalue weighted by atomic mass is 10.1. The number of fused-ring (bicyclic) bond motifs is 1. The first-order valence-electron chi connectivity index (χ1n) is 8.92. The Morgan fingerprint density at radius 2 is 1.93 bits per heavy atom. The van der Waals surface area contributed by atoms with Gasteiger partial charge in [-0.25, -0.2) is 4.68 Å². The third kappa shape index (κ3) is 3.55. The van der Waals surface area contributed by atoms with Gasteiger partial charge in [0.15, 0.2) is 0 Å². The summed E-state index contributed by atoms with van der Waals surface area (Å²) in [4.78, 5) is 12.6. The molecule has 1 N–H and O–H groups in total. The number of amides is 1. The minimum absolute atomic E-state index is 0.148. The molecule has 5 heteroatoms. The molecule has 0 unspecified atom stereocenters. The fourth-order valence-electron chi connectivity index (χ4n) is 3.18. The van der Waals surface area contributed by atoms with Gasteiger partial charge in [-0.15, -0.1) is 0 Å². The number of nitrogens with one attached hydrogen (secondary N) is 1. The number of aromatic nitrogens is 2. The van der Waals surface area contributed by atoms with Crippen LogP contribution in [0, 0.1) is 13.8 Å². The van der Waals surface area contributed by atoms with E-state index >= 15 is 0 Å². The van der Waals surface area contributed by atoms with Gasteiger partial charge in [-0.2, -0.15) is 16.9 Å². The maximum atomic E-state index is 12.6. The van der Waals surface area contributed by atoms with Gasteiger partial charge in [-0.3, -0.25) is 4.79 Å². The molecule has 1 aromatic heterocycles. The van der Waals surface area contributed by atoms with E-state index < -0.39 is 0 Å². The normalized spacial score (nSPS) is 13.1. The molecule has 0 fully saturated rings. The van der Waals surface area contributed by atoms with Crippen molar-refractivity contribution < 1.29 is 4.79 Å². The molecule has 0 saturated carbocycles. The lowest BCUT2D eigenvalue weighted by molar-refractivity contribution is -0.111. The monoisotopic (exact) mass is 375 g/mol. The second-order valence-corrected chi connectivity index (χ2v) is 7.62. The van der Waals surface area contributed by atoms with E-state index in [1.54, 1.807) is 6.08 Å². The van der Waals surface area contributed by atoms with Crippen molar-refractivity contribution in [1.29, 1.82) is 0 Å². The summed E-state index contributed by atoms with van der Waals surface area (Å²) in [6.45, 7) is 4.18. The Hall–Kier alpha value is -2.79. The molecule has 4 rings (SSSR count). The Morgan fingerprint density at radius 1 is 1.11 bits per heavy atom. The topological polar surface area (TPSA) is 46.9 Å². The van der Waals surface area contributed by atoms with Crippen LogP contribution in [0.5, 0.6) is 0 Å². The number of rotatable bonds is 4. The quantitative estimate of drug-likeness (QED) is 0.661. The SMILES string of the molecule is Cc1cccc(-n2nc3c(c2NC(=O)/C=C\c2ccccc2)CSC3)c1C. The molecule has 0 radical (unpaired) electrons. The Bertz CT molecular complexity index is 1020. The second-order valence-electron chi connectivity index (χ2n) is 6.63. The lowest BCUT2D eigenvalue weighted by Gasteiger charge is -2.13. The van der Waals surface area contributed by atoms with Crippen molar-refractivity contribution in [2.24, 2.45) is 0 Å². The van der Waals surface area contributed by atoms with Crippen LogP contribution in [0.3, 0.4) is 0 Å². The smallest absolute Gasteiger partial charge is 0.249 e. The highest BCUT2D eigenvalue weighted by molar-refractivity contribution is 7.98. The Morgan fingerprint density at radius 3 is 2.74 bits per heavy atom. The van der Waals surface area contributed by atoms with Crippen LogP contribution in [0.15, 0.2) is 54.6 Å². The first kappa shape index (κ1) is 17.6. The molecule has 1 amide bonds. The highest BCUT2D eigenvalue weighted by Gasteiger charge is 2.25. The van der Waals surface area contributed by atoms with Crippen molar-refractivity contribution in [2.45, 2.75) is 25.4 Å². The molecule has 4 nitrogen and oxygen atoms in total. The molecular weight excluding hydrogens is 354 g/mol. The summed E-state index contributed by atoms with van der Waals surface area (Å²) in [5, 5.41) is 7.86. The fourth-order valence-corrected chi connectivity index (χ4v) is 4.21. The van der Waals surface area contributed by atoms with Crippen LogP contribution in [-0.2, 0) is 16.3 Å². The molecule has 0 aliphatic carbocycles. The number of nitrogens with zero attached hydrogens (tertiary/aromatic N) is 2. The Kier molecular flexibility index (Phi) is 4.86. The van der Waals surface area contributed by atoms with Crippen LogP contribution in [-0.4, -0.2) is 15.7 Å². The van der Waals surface area contributed by atoms with Crippen molar-refractivity contribution in [3.05, 3.63) is 82.6 Å². The van der Waals surface area contributed by atoms with E-state index in [-0.39, 0.29) is 5.91 Å². The van der Waals surface area contributed by atoms with Crippen LogP contribution in [0.1, 0.15) is 27.9 Å². The van der Waals surface area contributed by atoms with Gasteiger partial charge < -0.3 is 5.32 Å². The average Bonchev–Trinajstić information content (AvgIpc) is 3.26. The van der Waals surface area contributed by atoms with Crippen molar-refractivity contribution in [3.8, 4) is 5.69 Å². The lowest BCUT2D eigenvalue weighted by Crippen LogP contribution is -2.14. The van der Waals surface area contributed by atoms with E-state index in [9.17, 15) is 4.79 Å². The van der Waals surface area contributed by atoms with Gasteiger partial charge in [0.2, 0.25) is 5.91 Å². The first-order chi connectivity index (χ1) is 13.1. The molecule has 2 aromatic carbocycles. The molecule has 0 atom stereocenters. The number of benzene rings is 2. The van der Waals surface area contributed by atoms with E-state index in [2.05, 4.69) is 25.2 Å². The van der Waals surface area contributed by atoms with Gasteiger partial charge in [-0.05, 0) is 42.7 Å². The summed E-state index contributed by atoms with van der Waals surface area (Å²) in [5.74, 6) is 2.39. The van der Waals surface area contributed by atoms with Crippen LogP contribution in [0.2, 0.25) is 0 Å². The number of hydrogen-bond acceptors (Lipinski definition) is 3. The number of anilines is 1. The van der Waals surface area contributed by atoms with E-state index in [0.717, 1.165) is 39.8 Å². The summed E-state index contributed by atoms with van der Waals surface area (Å²) in [7, 11) is 0. The molecule has 3 aromatic rings. The number of thioether (sulfide) groups is 1. The predicted octanol–water partition coefficient (Wildman–Crippen LogP) is 4.89. The largest absolute Gasteiger partial charge is 0.307 e. The molecule has 0 spiro atoms. The van der Waals surface area contributed by atoms with Crippen molar-refractivity contribution in [2.75, 3.05) is 5.32 Å². The zero-order chi connectivity index (χ0) is 18.8. The number of carbonyl (C=O) groups is 1. The van der Waals surface area contributed by atoms with Crippen LogP contribution in [0.25, 0.3) is 11.8 Å². The molecule has 1 aliphatic rings. The third-order valence-electron chi connectivity index (χ3n) is 4.82. The maximum absolute atomic E-state index is 12.6. The van der Waals surface area contributed by atoms with Gasteiger partial charge in [-0.1, -0.05) is 42.5 Å². The summed E-state index contributed by atoms with van der Waals surface area (Å²) < 4.78 is 1.89. The van der Waals surface area contributed by atoms with E-state index in [1.807, 2.05) is 65.0 Å².